The van der Waals surface area contributed by atoms with Crippen LogP contribution < -0.4 is 21.9 Å². The molecule has 0 spiro atoms. The maximum atomic E-state index is 5.63. The van der Waals surface area contributed by atoms with Crippen LogP contribution in [0, 0.1) is 0 Å². The number of fused-ring (bicyclic) bond motifs is 1. The zero-order chi connectivity index (χ0) is 12.4. The van der Waals surface area contributed by atoms with E-state index in [1.807, 2.05) is 6.07 Å². The molecule has 19 heavy (non-hydrogen) atoms. The van der Waals surface area contributed by atoms with Crippen LogP contribution in [0.15, 0.2) is 18.2 Å². The number of morpholine rings is 1. The van der Waals surface area contributed by atoms with Gasteiger partial charge in [-0.3, -0.25) is 0 Å². The molecule has 2 aliphatic heterocycles. The molecule has 3 rings (SSSR count). The Labute approximate surface area is 120 Å². The predicted molar refractivity (Wildman–Crippen MR) is 67.9 cm³/mol. The molecule has 0 radical (unpaired) electrons. The number of halogens is 1. The summed E-state index contributed by atoms with van der Waals surface area (Å²) in [5.74, 6) is 1.76. The first kappa shape index (κ1) is 14.4. The molecular weight excluding hydrogens is 266 g/mol. The molecule has 1 saturated heterocycles. The van der Waals surface area contributed by atoms with Crippen LogP contribution in [0.4, 0.5) is 0 Å². The zero-order valence-electron chi connectivity index (χ0n) is 11.2. The summed E-state index contributed by atoms with van der Waals surface area (Å²) in [6.45, 7) is 6.21. The number of benzene rings is 1. The lowest BCUT2D eigenvalue weighted by Gasteiger charge is -2.37. The monoisotopic (exact) mass is 285 g/mol. The molecule has 5 heteroatoms. The zero-order valence-corrected chi connectivity index (χ0v) is 12.0. The highest BCUT2D eigenvalue weighted by Crippen LogP contribution is 2.31. The van der Waals surface area contributed by atoms with Gasteiger partial charge in [0.15, 0.2) is 11.5 Å². The molecule has 1 aromatic rings. The molecule has 0 unspecified atom stereocenters. The molecule has 0 N–H and O–H groups in total. The quantitative estimate of drug-likeness (QED) is 0.615. The number of hydrogen-bond donors (Lipinski definition) is 0. The number of hydrogen-bond acceptors (Lipinski definition) is 3. The van der Waals surface area contributed by atoms with E-state index in [1.165, 1.54) is 5.56 Å². The maximum absolute atomic E-state index is 5.63. The highest BCUT2D eigenvalue weighted by atomic mass is 35.5. The third kappa shape index (κ3) is 3.32. The van der Waals surface area contributed by atoms with Crippen molar-refractivity contribution in [3.8, 4) is 11.5 Å². The largest absolute Gasteiger partial charge is 1.00 e. The van der Waals surface area contributed by atoms with Crippen LogP contribution in [-0.2, 0) is 11.3 Å². The van der Waals surface area contributed by atoms with Crippen molar-refractivity contribution in [3.63, 3.8) is 0 Å². The maximum Gasteiger partial charge on any atom is 0.161 e. The van der Waals surface area contributed by atoms with Crippen molar-refractivity contribution in [2.24, 2.45) is 0 Å². The summed E-state index contributed by atoms with van der Waals surface area (Å²) >= 11 is 0. The standard InChI is InChI=1S/C14H20NO3.ClH/c1-15(4-6-16-7-5-15)11-12-2-3-13-14(10-12)18-9-8-17-13;/h2-3,10H,4-9,11H2,1H3;1H/q+1;/p-1. The number of ether oxygens (including phenoxy) is 3. The van der Waals surface area contributed by atoms with E-state index in [0.717, 1.165) is 48.8 Å². The summed E-state index contributed by atoms with van der Waals surface area (Å²) in [4.78, 5) is 0. The van der Waals surface area contributed by atoms with Gasteiger partial charge in [0.25, 0.3) is 0 Å². The van der Waals surface area contributed by atoms with Crippen molar-refractivity contribution < 1.29 is 31.1 Å². The fraction of sp³-hybridized carbons (Fsp3) is 0.571. The van der Waals surface area contributed by atoms with Gasteiger partial charge in [-0.25, -0.2) is 0 Å². The molecule has 1 aromatic carbocycles. The Balaban J connectivity index is 0.00000133. The summed E-state index contributed by atoms with van der Waals surface area (Å²) in [6.07, 6.45) is 0. The van der Waals surface area contributed by atoms with Crippen LogP contribution >= 0.6 is 0 Å². The van der Waals surface area contributed by atoms with Gasteiger partial charge in [0.05, 0.1) is 20.3 Å². The number of likely N-dealkylation sites (N-methyl/N-ethyl adjacent to an activating group) is 1. The van der Waals surface area contributed by atoms with Crippen molar-refractivity contribution in [1.82, 2.24) is 0 Å². The van der Waals surface area contributed by atoms with Gasteiger partial charge < -0.3 is 31.1 Å². The van der Waals surface area contributed by atoms with E-state index in [4.69, 9.17) is 14.2 Å². The lowest BCUT2D eigenvalue weighted by molar-refractivity contribution is -0.929. The van der Waals surface area contributed by atoms with Crippen LogP contribution in [0.5, 0.6) is 11.5 Å². The summed E-state index contributed by atoms with van der Waals surface area (Å²) in [5.41, 5.74) is 1.31. The molecule has 0 atom stereocenters. The lowest BCUT2D eigenvalue weighted by atomic mass is 10.1. The SMILES string of the molecule is C[N+]1(Cc2ccc3c(c2)OCCO3)CCOCC1.[Cl-]. The van der Waals surface area contributed by atoms with E-state index < -0.39 is 0 Å². The number of rotatable bonds is 2. The summed E-state index contributed by atoms with van der Waals surface area (Å²) in [6, 6.07) is 6.29. The van der Waals surface area contributed by atoms with Crippen molar-refractivity contribution in [3.05, 3.63) is 23.8 Å². The Bertz CT molecular complexity index is 433. The first-order valence-electron chi connectivity index (χ1n) is 6.55. The van der Waals surface area contributed by atoms with E-state index in [9.17, 15) is 0 Å². The van der Waals surface area contributed by atoms with Gasteiger partial charge in [0.2, 0.25) is 0 Å². The topological polar surface area (TPSA) is 27.7 Å². The van der Waals surface area contributed by atoms with E-state index in [0.29, 0.717) is 13.2 Å². The van der Waals surface area contributed by atoms with Crippen molar-refractivity contribution in [1.29, 1.82) is 0 Å². The predicted octanol–water partition coefficient (Wildman–Crippen LogP) is -1.56. The summed E-state index contributed by atoms with van der Waals surface area (Å²) in [7, 11) is 2.29. The minimum atomic E-state index is 0. The Morgan fingerprint density at radius 2 is 1.68 bits per heavy atom. The smallest absolute Gasteiger partial charge is 0.161 e. The molecule has 2 aliphatic rings. The number of nitrogens with zero attached hydrogens (tertiary/aromatic N) is 1. The third-order valence-electron chi connectivity index (χ3n) is 3.72. The van der Waals surface area contributed by atoms with Crippen molar-refractivity contribution >= 4 is 0 Å². The minimum Gasteiger partial charge on any atom is -1.00 e. The highest BCUT2D eigenvalue weighted by Gasteiger charge is 2.26. The molecule has 0 bridgehead atoms. The lowest BCUT2D eigenvalue weighted by Crippen LogP contribution is -3.00. The van der Waals surface area contributed by atoms with Crippen molar-refractivity contribution in [2.45, 2.75) is 6.54 Å². The normalized spacial score (nSPS) is 20.5. The van der Waals surface area contributed by atoms with Gasteiger partial charge in [-0.05, 0) is 18.2 Å². The second-order valence-corrected chi connectivity index (χ2v) is 5.32. The van der Waals surface area contributed by atoms with Gasteiger partial charge >= 0.3 is 0 Å². The van der Waals surface area contributed by atoms with E-state index in [1.54, 1.807) is 0 Å². The van der Waals surface area contributed by atoms with Crippen LogP contribution in [0.1, 0.15) is 5.56 Å². The fourth-order valence-electron chi connectivity index (χ4n) is 2.57. The fourth-order valence-corrected chi connectivity index (χ4v) is 2.57. The Morgan fingerprint density at radius 3 is 2.42 bits per heavy atom. The molecule has 0 amide bonds. The molecule has 2 heterocycles. The van der Waals surface area contributed by atoms with Gasteiger partial charge in [-0.1, -0.05) is 0 Å². The number of quaternary nitrogens is 1. The average molecular weight is 286 g/mol. The molecule has 0 aromatic heterocycles. The first-order chi connectivity index (χ1) is 8.75. The molecule has 0 saturated carbocycles. The van der Waals surface area contributed by atoms with Crippen LogP contribution in [0.2, 0.25) is 0 Å². The highest BCUT2D eigenvalue weighted by molar-refractivity contribution is 5.43. The minimum absolute atomic E-state index is 0. The van der Waals surface area contributed by atoms with Gasteiger partial charge in [-0.15, -0.1) is 0 Å². The first-order valence-corrected chi connectivity index (χ1v) is 6.55. The molecule has 4 nitrogen and oxygen atoms in total. The third-order valence-corrected chi connectivity index (χ3v) is 3.72. The molecule has 106 valence electrons. The second-order valence-electron chi connectivity index (χ2n) is 5.32. The van der Waals surface area contributed by atoms with E-state index >= 15 is 0 Å². The molecular formula is C14H20ClNO3. The summed E-state index contributed by atoms with van der Waals surface area (Å²) in [5, 5.41) is 0. The van der Waals surface area contributed by atoms with Gasteiger partial charge in [0.1, 0.15) is 32.8 Å². The van der Waals surface area contributed by atoms with Gasteiger partial charge in [-0.2, -0.15) is 0 Å². The van der Waals surface area contributed by atoms with E-state index in [-0.39, 0.29) is 12.4 Å². The van der Waals surface area contributed by atoms with Gasteiger partial charge in [0, 0.05) is 5.56 Å². The molecule has 1 fully saturated rings. The van der Waals surface area contributed by atoms with Crippen LogP contribution in [0.3, 0.4) is 0 Å². The molecule has 0 aliphatic carbocycles. The van der Waals surface area contributed by atoms with Crippen LogP contribution in [0.25, 0.3) is 0 Å². The Hall–Kier alpha value is -0.970. The van der Waals surface area contributed by atoms with E-state index in [2.05, 4.69) is 19.2 Å². The Kier molecular flexibility index (Phi) is 4.55. The average Bonchev–Trinajstić information content (AvgIpc) is 2.39. The second kappa shape index (κ2) is 5.99. The Morgan fingerprint density at radius 1 is 1.00 bits per heavy atom. The van der Waals surface area contributed by atoms with Crippen molar-refractivity contribution in [2.75, 3.05) is 46.6 Å². The summed E-state index contributed by atoms with van der Waals surface area (Å²) < 4.78 is 17.6. The van der Waals surface area contributed by atoms with Crippen LogP contribution in [-0.4, -0.2) is 51.0 Å².